The Labute approximate surface area is 175 Å². The van der Waals surface area contributed by atoms with Gasteiger partial charge in [0.05, 0.1) is 6.54 Å². The van der Waals surface area contributed by atoms with Crippen LogP contribution in [0.2, 0.25) is 0 Å². The molecule has 4 aliphatic carbocycles. The molecule has 0 saturated heterocycles. The minimum Gasteiger partial charge on any atom is -0.454 e. The lowest BCUT2D eigenvalue weighted by Gasteiger charge is -2.56. The average Bonchev–Trinajstić information content (AvgIpc) is 3.17. The predicted octanol–water partition coefficient (Wildman–Crippen LogP) is 1.90. The van der Waals surface area contributed by atoms with Crippen molar-refractivity contribution < 1.29 is 23.9 Å². The number of hydrazine groups is 1. The summed E-state index contributed by atoms with van der Waals surface area (Å²) in [6.45, 7) is -0.0350. The van der Waals surface area contributed by atoms with Crippen molar-refractivity contribution in [1.29, 1.82) is 0 Å². The average molecular weight is 413 g/mol. The van der Waals surface area contributed by atoms with E-state index in [0.29, 0.717) is 23.5 Å². The van der Waals surface area contributed by atoms with Crippen molar-refractivity contribution in [2.75, 3.05) is 13.3 Å². The zero-order chi connectivity index (χ0) is 20.7. The van der Waals surface area contributed by atoms with Gasteiger partial charge in [0.15, 0.2) is 11.5 Å². The number of benzene rings is 1. The van der Waals surface area contributed by atoms with Crippen LogP contribution in [0.15, 0.2) is 18.2 Å². The quantitative estimate of drug-likeness (QED) is 0.640. The monoisotopic (exact) mass is 413 g/mol. The van der Waals surface area contributed by atoms with E-state index in [9.17, 15) is 14.4 Å². The Hall–Kier alpha value is -2.77. The van der Waals surface area contributed by atoms with Gasteiger partial charge in [0.25, 0.3) is 11.8 Å². The molecule has 3 N–H and O–H groups in total. The summed E-state index contributed by atoms with van der Waals surface area (Å²) in [6, 6.07) is 4.78. The van der Waals surface area contributed by atoms with Crippen LogP contribution in [0.3, 0.4) is 0 Å². The van der Waals surface area contributed by atoms with Crippen molar-refractivity contribution in [2.24, 2.45) is 23.2 Å². The van der Waals surface area contributed by atoms with E-state index in [2.05, 4.69) is 16.2 Å². The Morgan fingerprint density at radius 2 is 1.57 bits per heavy atom. The maximum atomic E-state index is 12.5. The highest BCUT2D eigenvalue weighted by atomic mass is 16.7. The Balaban J connectivity index is 1.07. The number of amides is 3. The molecule has 4 fully saturated rings. The van der Waals surface area contributed by atoms with Crippen LogP contribution in [0.4, 0.5) is 0 Å². The minimum absolute atomic E-state index is 0.0748. The van der Waals surface area contributed by atoms with Crippen molar-refractivity contribution >= 4 is 17.7 Å². The molecular weight excluding hydrogens is 386 g/mol. The summed E-state index contributed by atoms with van der Waals surface area (Å²) in [4.78, 5) is 36.7. The summed E-state index contributed by atoms with van der Waals surface area (Å²) in [7, 11) is 0. The van der Waals surface area contributed by atoms with Crippen molar-refractivity contribution in [2.45, 2.75) is 44.9 Å². The lowest BCUT2D eigenvalue weighted by atomic mass is 9.49. The molecule has 1 heterocycles. The molecule has 0 aromatic heterocycles. The number of rotatable bonds is 5. The van der Waals surface area contributed by atoms with Gasteiger partial charge in [0.1, 0.15) is 0 Å². The molecule has 1 aromatic carbocycles. The Bertz CT molecular complexity index is 848. The van der Waals surface area contributed by atoms with E-state index < -0.39 is 11.8 Å². The fourth-order valence-electron chi connectivity index (χ4n) is 6.37. The standard InChI is InChI=1S/C22H27N3O5/c26-19(10-22-7-13-3-14(8-22)5-15(4-13)9-22)23-11-20(27)24-25-21(28)16-1-2-17-18(6-16)30-12-29-17/h1-2,6,13-15H,3-5,7-12H2,(H,23,26)(H,24,27)(H,25,28). The second kappa shape index (κ2) is 7.49. The molecule has 6 rings (SSSR count). The summed E-state index contributed by atoms with van der Waals surface area (Å²) in [5.74, 6) is 2.43. The maximum absolute atomic E-state index is 12.5. The molecule has 5 aliphatic rings. The van der Waals surface area contributed by atoms with Crippen molar-refractivity contribution in [3.63, 3.8) is 0 Å². The molecule has 8 nitrogen and oxygen atoms in total. The van der Waals surface area contributed by atoms with Crippen molar-refractivity contribution in [3.05, 3.63) is 23.8 Å². The highest BCUT2D eigenvalue weighted by Crippen LogP contribution is 2.61. The summed E-state index contributed by atoms with van der Waals surface area (Å²) in [6.07, 6.45) is 8.00. The Morgan fingerprint density at radius 3 is 2.27 bits per heavy atom. The Morgan fingerprint density at radius 1 is 0.900 bits per heavy atom. The van der Waals surface area contributed by atoms with E-state index in [0.717, 1.165) is 37.0 Å². The SMILES string of the molecule is O=C(CC12CC3CC(CC(C3)C1)C2)NCC(=O)NNC(=O)c1ccc2c(c1)OCO2. The predicted molar refractivity (Wildman–Crippen MR) is 106 cm³/mol. The zero-order valence-corrected chi connectivity index (χ0v) is 16.9. The van der Waals surface area contributed by atoms with Crippen LogP contribution in [-0.2, 0) is 9.59 Å². The number of carbonyl (C=O) groups excluding carboxylic acids is 3. The van der Waals surface area contributed by atoms with Crippen molar-refractivity contribution in [1.82, 2.24) is 16.2 Å². The number of carbonyl (C=O) groups is 3. The highest BCUT2D eigenvalue weighted by molar-refractivity contribution is 5.96. The van der Waals surface area contributed by atoms with Gasteiger partial charge in [-0.3, -0.25) is 25.2 Å². The summed E-state index contributed by atoms with van der Waals surface area (Å²) in [5.41, 5.74) is 5.17. The van der Waals surface area contributed by atoms with Gasteiger partial charge < -0.3 is 14.8 Å². The first kappa shape index (κ1) is 19.2. The molecule has 0 spiro atoms. The first-order valence-electron chi connectivity index (χ1n) is 10.7. The lowest BCUT2D eigenvalue weighted by Crippen LogP contribution is -2.49. The van der Waals surface area contributed by atoms with E-state index in [1.807, 2.05) is 0 Å². The minimum atomic E-state index is -0.471. The third-order valence-corrected chi connectivity index (χ3v) is 7.10. The van der Waals surface area contributed by atoms with Crippen LogP contribution >= 0.6 is 0 Å². The molecule has 1 aromatic rings. The lowest BCUT2D eigenvalue weighted by molar-refractivity contribution is -0.132. The van der Waals surface area contributed by atoms with Gasteiger partial charge in [-0.2, -0.15) is 0 Å². The van der Waals surface area contributed by atoms with Gasteiger partial charge >= 0.3 is 0 Å². The largest absolute Gasteiger partial charge is 0.454 e. The molecular formula is C22H27N3O5. The van der Waals surface area contributed by atoms with Gasteiger partial charge in [0.2, 0.25) is 12.7 Å². The second-order valence-electron chi connectivity index (χ2n) is 9.44. The molecule has 3 amide bonds. The normalized spacial score (nSPS) is 30.1. The Kier molecular flexibility index (Phi) is 4.79. The summed E-state index contributed by atoms with van der Waals surface area (Å²) >= 11 is 0. The number of hydrogen-bond acceptors (Lipinski definition) is 5. The van der Waals surface area contributed by atoms with Crippen LogP contribution in [0.1, 0.15) is 55.3 Å². The number of ether oxygens (including phenoxy) is 2. The molecule has 4 saturated carbocycles. The van der Waals surface area contributed by atoms with Crippen LogP contribution in [0, 0.1) is 23.2 Å². The van der Waals surface area contributed by atoms with Crippen LogP contribution in [0.5, 0.6) is 11.5 Å². The number of fused-ring (bicyclic) bond motifs is 1. The maximum Gasteiger partial charge on any atom is 0.269 e. The summed E-state index contributed by atoms with van der Waals surface area (Å²) < 4.78 is 10.5. The van der Waals surface area contributed by atoms with Gasteiger partial charge in [-0.1, -0.05) is 0 Å². The van der Waals surface area contributed by atoms with Gasteiger partial charge in [-0.15, -0.1) is 0 Å². The van der Waals surface area contributed by atoms with Gasteiger partial charge in [-0.05, 0) is 79.9 Å². The first-order valence-corrected chi connectivity index (χ1v) is 10.7. The van der Waals surface area contributed by atoms with E-state index in [4.69, 9.17) is 9.47 Å². The third kappa shape index (κ3) is 3.82. The number of hydrogen-bond donors (Lipinski definition) is 3. The third-order valence-electron chi connectivity index (χ3n) is 7.10. The van der Waals surface area contributed by atoms with E-state index >= 15 is 0 Å². The van der Waals surface area contributed by atoms with E-state index in [-0.39, 0.29) is 24.7 Å². The first-order chi connectivity index (χ1) is 14.5. The molecule has 30 heavy (non-hydrogen) atoms. The zero-order valence-electron chi connectivity index (χ0n) is 16.9. The van der Waals surface area contributed by atoms with Crippen LogP contribution in [0.25, 0.3) is 0 Å². The second-order valence-corrected chi connectivity index (χ2v) is 9.44. The molecule has 4 bridgehead atoms. The van der Waals surface area contributed by atoms with Gasteiger partial charge in [-0.25, -0.2) is 0 Å². The van der Waals surface area contributed by atoms with Crippen LogP contribution < -0.4 is 25.6 Å². The molecule has 0 radical (unpaired) electrons. The number of nitrogens with one attached hydrogen (secondary N) is 3. The van der Waals surface area contributed by atoms with Crippen LogP contribution in [-0.4, -0.2) is 31.1 Å². The fraction of sp³-hybridized carbons (Fsp3) is 0.591. The molecule has 0 unspecified atom stereocenters. The summed E-state index contributed by atoms with van der Waals surface area (Å²) in [5, 5.41) is 2.72. The molecule has 8 heteroatoms. The molecule has 160 valence electrons. The fourth-order valence-corrected chi connectivity index (χ4v) is 6.37. The topological polar surface area (TPSA) is 106 Å². The van der Waals surface area contributed by atoms with Crippen molar-refractivity contribution in [3.8, 4) is 11.5 Å². The molecule has 1 aliphatic heterocycles. The van der Waals surface area contributed by atoms with E-state index in [1.165, 1.54) is 19.3 Å². The smallest absolute Gasteiger partial charge is 0.269 e. The highest BCUT2D eigenvalue weighted by Gasteiger charge is 2.51. The van der Waals surface area contributed by atoms with Gasteiger partial charge in [0, 0.05) is 12.0 Å². The molecule has 0 atom stereocenters. The van der Waals surface area contributed by atoms with E-state index in [1.54, 1.807) is 18.2 Å².